The Bertz CT molecular complexity index is 1360. The minimum Gasteiger partial charge on any atom is -0.497 e. The summed E-state index contributed by atoms with van der Waals surface area (Å²) >= 11 is 0. The van der Waals surface area contributed by atoms with Gasteiger partial charge in [-0.1, -0.05) is 80.8 Å². The third-order valence-corrected chi connectivity index (χ3v) is 8.45. The molecule has 0 unspecified atom stereocenters. The summed E-state index contributed by atoms with van der Waals surface area (Å²) in [4.78, 5) is 38.8. The van der Waals surface area contributed by atoms with Crippen molar-refractivity contribution in [2.45, 2.75) is 76.0 Å². The molecule has 0 aliphatic carbocycles. The van der Waals surface area contributed by atoms with Gasteiger partial charge < -0.3 is 29.0 Å². The minimum absolute atomic E-state index is 0.00649. The molecular formula is C37H45NO8. The summed E-state index contributed by atoms with van der Waals surface area (Å²) in [7, 11) is 3.25. The molecule has 4 rings (SSSR count). The normalized spacial score (nSPS) is 16.2. The Morgan fingerprint density at radius 1 is 0.783 bits per heavy atom. The molecular weight excluding hydrogens is 586 g/mol. The minimum atomic E-state index is -1.06. The molecule has 1 saturated heterocycles. The third kappa shape index (κ3) is 8.66. The molecule has 0 aromatic heterocycles. The van der Waals surface area contributed by atoms with E-state index < -0.39 is 23.6 Å². The quantitative estimate of drug-likeness (QED) is 0.104. The molecule has 0 saturated carbocycles. The molecule has 246 valence electrons. The number of ether oxygens (including phenoxy) is 4. The number of rotatable bonds is 17. The van der Waals surface area contributed by atoms with Crippen LogP contribution in [-0.2, 0) is 29.5 Å². The van der Waals surface area contributed by atoms with Gasteiger partial charge in [0.25, 0.3) is 0 Å². The van der Waals surface area contributed by atoms with Crippen molar-refractivity contribution in [3.63, 3.8) is 0 Å². The van der Waals surface area contributed by atoms with Gasteiger partial charge in [0, 0.05) is 12.8 Å². The molecule has 0 spiro atoms. The summed E-state index contributed by atoms with van der Waals surface area (Å²) in [6.07, 6.45) is 3.59. The van der Waals surface area contributed by atoms with Gasteiger partial charge >= 0.3 is 11.9 Å². The highest BCUT2D eigenvalue weighted by molar-refractivity contribution is 5.78. The van der Waals surface area contributed by atoms with Crippen LogP contribution in [0.4, 0.5) is 0 Å². The van der Waals surface area contributed by atoms with Gasteiger partial charge in [-0.2, -0.15) is 0 Å². The number of benzene rings is 3. The molecule has 1 heterocycles. The van der Waals surface area contributed by atoms with Gasteiger partial charge in [-0.3, -0.25) is 14.4 Å². The molecule has 1 fully saturated rings. The number of nitrogens with zero attached hydrogens (tertiary/aromatic N) is 1. The van der Waals surface area contributed by atoms with Crippen LogP contribution in [-0.4, -0.2) is 67.4 Å². The van der Waals surface area contributed by atoms with Crippen LogP contribution in [0, 0.1) is 0 Å². The van der Waals surface area contributed by atoms with Crippen LogP contribution in [0.15, 0.2) is 78.9 Å². The molecule has 0 radical (unpaired) electrons. The Hall–Kier alpha value is -4.37. The van der Waals surface area contributed by atoms with E-state index in [0.717, 1.165) is 42.4 Å². The molecule has 1 aliphatic heterocycles. The molecule has 2 atom stereocenters. The largest absolute Gasteiger partial charge is 0.497 e. The summed E-state index contributed by atoms with van der Waals surface area (Å²) in [5.74, 6) is -0.229. The monoisotopic (exact) mass is 631 g/mol. The lowest BCUT2D eigenvalue weighted by molar-refractivity contribution is -0.152. The number of aliphatic carboxylic acids is 1. The van der Waals surface area contributed by atoms with Crippen LogP contribution in [0.2, 0.25) is 0 Å². The fourth-order valence-corrected chi connectivity index (χ4v) is 6.02. The number of carbonyl (C=O) groups excluding carboxylic acids is 2. The van der Waals surface area contributed by atoms with E-state index >= 15 is 0 Å². The molecule has 9 nitrogen and oxygen atoms in total. The van der Waals surface area contributed by atoms with Crippen LogP contribution < -0.4 is 9.47 Å². The average Bonchev–Trinajstić information content (AvgIpc) is 3.49. The lowest BCUT2D eigenvalue weighted by Crippen LogP contribution is -2.42. The number of amides is 1. The first kappa shape index (κ1) is 34.5. The van der Waals surface area contributed by atoms with E-state index in [2.05, 4.69) is 6.92 Å². The Morgan fingerprint density at radius 2 is 1.37 bits per heavy atom. The lowest BCUT2D eigenvalue weighted by Gasteiger charge is -2.38. The van der Waals surface area contributed by atoms with Crippen molar-refractivity contribution in [1.82, 2.24) is 4.90 Å². The van der Waals surface area contributed by atoms with Gasteiger partial charge in [0.1, 0.15) is 23.2 Å². The standard InChI is InChI=1S/C37H45NO8/c1-4-5-6-10-13-34(39)38-25-33(46-36(42)23-22-35(40)41)24-30(38)26-45-37(27-11-8-7-9-12-27,28-14-18-31(43-2)19-15-28)29-16-20-32(44-3)21-17-29/h7-9,11-12,14-21,30,33H,4-6,10,13,22-26H2,1-3H3,(H,40,41)/t30-,33+/m0/s1. The number of carboxylic acids is 1. The van der Waals surface area contributed by atoms with Crippen molar-refractivity contribution in [3.05, 3.63) is 95.6 Å². The van der Waals surface area contributed by atoms with Crippen LogP contribution in [0.25, 0.3) is 0 Å². The number of esters is 1. The number of unbranched alkanes of at least 4 members (excludes halogenated alkanes) is 3. The van der Waals surface area contributed by atoms with Gasteiger partial charge in [-0.05, 0) is 47.4 Å². The highest BCUT2D eigenvalue weighted by atomic mass is 16.5. The van der Waals surface area contributed by atoms with E-state index in [-0.39, 0.29) is 37.9 Å². The fourth-order valence-electron chi connectivity index (χ4n) is 6.02. The van der Waals surface area contributed by atoms with E-state index in [4.69, 9.17) is 24.1 Å². The number of hydrogen-bond donors (Lipinski definition) is 1. The van der Waals surface area contributed by atoms with Gasteiger partial charge in [0.2, 0.25) is 5.91 Å². The van der Waals surface area contributed by atoms with Crippen molar-refractivity contribution in [3.8, 4) is 11.5 Å². The highest BCUT2D eigenvalue weighted by Gasteiger charge is 2.42. The maximum Gasteiger partial charge on any atom is 0.306 e. The fraction of sp³-hybridized carbons (Fsp3) is 0.432. The zero-order chi connectivity index (χ0) is 32.9. The van der Waals surface area contributed by atoms with E-state index in [0.29, 0.717) is 24.3 Å². The summed E-state index contributed by atoms with van der Waals surface area (Å²) < 4.78 is 23.7. The Labute approximate surface area is 271 Å². The molecule has 9 heteroatoms. The van der Waals surface area contributed by atoms with E-state index in [1.165, 1.54) is 0 Å². The maximum atomic E-state index is 13.6. The van der Waals surface area contributed by atoms with Crippen molar-refractivity contribution in [1.29, 1.82) is 0 Å². The second-order valence-corrected chi connectivity index (χ2v) is 11.6. The Kier molecular flexibility index (Phi) is 12.6. The van der Waals surface area contributed by atoms with Gasteiger partial charge in [0.15, 0.2) is 0 Å². The predicted octanol–water partition coefficient (Wildman–Crippen LogP) is 6.36. The zero-order valence-electron chi connectivity index (χ0n) is 27.0. The lowest BCUT2D eigenvalue weighted by atomic mass is 9.80. The second-order valence-electron chi connectivity index (χ2n) is 11.6. The summed E-state index contributed by atoms with van der Waals surface area (Å²) in [5.41, 5.74) is 1.58. The van der Waals surface area contributed by atoms with Crippen LogP contribution in [0.5, 0.6) is 11.5 Å². The smallest absolute Gasteiger partial charge is 0.306 e. The number of methoxy groups -OCH3 is 2. The third-order valence-electron chi connectivity index (χ3n) is 8.45. The Balaban J connectivity index is 1.69. The first-order chi connectivity index (χ1) is 22.3. The molecule has 1 aliphatic rings. The van der Waals surface area contributed by atoms with E-state index in [1.54, 1.807) is 19.1 Å². The van der Waals surface area contributed by atoms with Crippen LogP contribution in [0.1, 0.15) is 75.0 Å². The number of likely N-dealkylation sites (tertiary alicyclic amines) is 1. The molecule has 1 amide bonds. The number of carbonyl (C=O) groups is 3. The number of hydrogen-bond acceptors (Lipinski definition) is 7. The second kappa shape index (κ2) is 16.8. The molecule has 3 aromatic carbocycles. The van der Waals surface area contributed by atoms with Crippen LogP contribution >= 0.6 is 0 Å². The molecule has 1 N–H and O–H groups in total. The average molecular weight is 632 g/mol. The topological polar surface area (TPSA) is 112 Å². The molecule has 3 aromatic rings. The highest BCUT2D eigenvalue weighted by Crippen LogP contribution is 2.42. The maximum absolute atomic E-state index is 13.6. The zero-order valence-corrected chi connectivity index (χ0v) is 27.0. The first-order valence-electron chi connectivity index (χ1n) is 16.0. The van der Waals surface area contributed by atoms with E-state index in [1.807, 2.05) is 78.9 Å². The SMILES string of the molecule is CCCCCCC(=O)N1C[C@H](OC(=O)CCC(=O)O)C[C@H]1COC(c1ccccc1)(c1ccc(OC)cc1)c1ccc(OC)cc1. The van der Waals surface area contributed by atoms with Crippen molar-refractivity contribution < 1.29 is 38.4 Å². The summed E-state index contributed by atoms with van der Waals surface area (Å²) in [6.45, 7) is 2.53. The van der Waals surface area contributed by atoms with Crippen molar-refractivity contribution in [2.24, 2.45) is 0 Å². The van der Waals surface area contributed by atoms with Gasteiger partial charge in [-0.25, -0.2) is 0 Å². The van der Waals surface area contributed by atoms with Gasteiger partial charge in [0.05, 0.1) is 46.3 Å². The summed E-state index contributed by atoms with van der Waals surface area (Å²) in [5, 5.41) is 9.00. The molecule has 46 heavy (non-hydrogen) atoms. The van der Waals surface area contributed by atoms with Crippen LogP contribution in [0.3, 0.4) is 0 Å². The first-order valence-corrected chi connectivity index (χ1v) is 16.0. The van der Waals surface area contributed by atoms with E-state index in [9.17, 15) is 14.4 Å². The molecule has 0 bridgehead atoms. The summed E-state index contributed by atoms with van der Waals surface area (Å²) in [6, 6.07) is 25.1. The number of carboxylic acid groups (broad SMARTS) is 1. The van der Waals surface area contributed by atoms with Crippen molar-refractivity contribution in [2.75, 3.05) is 27.4 Å². The predicted molar refractivity (Wildman–Crippen MR) is 174 cm³/mol. The Morgan fingerprint density at radius 3 is 1.91 bits per heavy atom. The van der Waals surface area contributed by atoms with Gasteiger partial charge in [-0.15, -0.1) is 0 Å². The van der Waals surface area contributed by atoms with Crippen molar-refractivity contribution >= 4 is 17.8 Å².